The number of hydrogen-bond acceptors (Lipinski definition) is 8. The SMILES string of the molecule is O=C(NCc1cccc(CCF)c1)c1cn(CCCCc2nnc(C(=O)NCc3cccc(OC(F)(F)F)c3)s2)nn1. The number of halogens is 4. The van der Waals surface area contributed by atoms with Crippen LogP contribution in [0.4, 0.5) is 17.6 Å². The van der Waals surface area contributed by atoms with Crippen LogP contribution in [0.25, 0.3) is 0 Å². The van der Waals surface area contributed by atoms with Crippen molar-refractivity contribution in [3.05, 3.63) is 87.1 Å². The van der Waals surface area contributed by atoms with Gasteiger partial charge in [0.1, 0.15) is 10.8 Å². The number of aryl methyl sites for hydroxylation is 3. The summed E-state index contributed by atoms with van der Waals surface area (Å²) in [5, 5.41) is 22.1. The highest BCUT2D eigenvalue weighted by atomic mass is 32.1. The van der Waals surface area contributed by atoms with Crippen LogP contribution in [0.3, 0.4) is 0 Å². The molecule has 2 heterocycles. The molecule has 2 amide bonds. The van der Waals surface area contributed by atoms with Gasteiger partial charge in [-0.1, -0.05) is 52.9 Å². The summed E-state index contributed by atoms with van der Waals surface area (Å²) in [6.07, 6.45) is -0.899. The largest absolute Gasteiger partial charge is 0.573 e. The fourth-order valence-electron chi connectivity index (χ4n) is 3.90. The Labute approximate surface area is 242 Å². The lowest BCUT2D eigenvalue weighted by molar-refractivity contribution is -0.274. The molecule has 2 aromatic heterocycles. The number of aromatic nitrogens is 5. The molecular formula is C27H27F4N7O3S. The number of alkyl halides is 4. The lowest BCUT2D eigenvalue weighted by atomic mass is 10.1. The standard InChI is InChI=1S/C27H27F4N7O3S/c28-11-10-18-5-3-6-19(13-18)15-32-24(39)22-17-38(37-34-22)12-2-1-9-23-35-36-26(42-23)25(40)33-16-20-7-4-8-21(14-20)41-27(29,30)31/h3-8,13-14,17H,1-2,9-12,15-16H2,(H,32,39)(H,33,40). The summed E-state index contributed by atoms with van der Waals surface area (Å²) in [5.41, 5.74) is 2.35. The van der Waals surface area contributed by atoms with Gasteiger partial charge in [0.15, 0.2) is 5.69 Å². The molecule has 222 valence electrons. The van der Waals surface area contributed by atoms with E-state index in [1.807, 2.05) is 24.3 Å². The van der Waals surface area contributed by atoms with Gasteiger partial charge in [-0.05, 0) is 41.7 Å². The van der Waals surface area contributed by atoms with Crippen molar-refractivity contribution in [3.63, 3.8) is 0 Å². The minimum Gasteiger partial charge on any atom is -0.406 e. The van der Waals surface area contributed by atoms with E-state index < -0.39 is 18.9 Å². The molecule has 0 bridgehead atoms. The van der Waals surface area contributed by atoms with E-state index in [2.05, 4.69) is 35.9 Å². The Kier molecular flexibility index (Phi) is 10.5. The first-order chi connectivity index (χ1) is 20.2. The van der Waals surface area contributed by atoms with Crippen LogP contribution in [0, 0.1) is 0 Å². The highest BCUT2D eigenvalue weighted by Gasteiger charge is 2.31. The summed E-state index contributed by atoms with van der Waals surface area (Å²) in [6, 6.07) is 12.7. The van der Waals surface area contributed by atoms with E-state index in [9.17, 15) is 27.2 Å². The highest BCUT2D eigenvalue weighted by Crippen LogP contribution is 2.23. The van der Waals surface area contributed by atoms with Crippen LogP contribution in [0.1, 0.15) is 54.8 Å². The number of nitrogens with zero attached hydrogens (tertiary/aromatic N) is 5. The van der Waals surface area contributed by atoms with Crippen LogP contribution in [-0.4, -0.2) is 50.0 Å². The van der Waals surface area contributed by atoms with Crippen LogP contribution in [0.2, 0.25) is 0 Å². The number of amides is 2. The number of carbonyl (C=O) groups is 2. The van der Waals surface area contributed by atoms with Gasteiger partial charge in [-0.2, -0.15) is 0 Å². The Morgan fingerprint density at radius 3 is 2.36 bits per heavy atom. The highest BCUT2D eigenvalue weighted by molar-refractivity contribution is 7.13. The summed E-state index contributed by atoms with van der Waals surface area (Å²) in [7, 11) is 0. The van der Waals surface area contributed by atoms with Gasteiger partial charge in [0.2, 0.25) is 5.01 Å². The lowest BCUT2D eigenvalue weighted by Gasteiger charge is -2.10. The smallest absolute Gasteiger partial charge is 0.406 e. The molecule has 0 aliphatic rings. The molecule has 0 unspecified atom stereocenters. The molecule has 0 spiro atoms. The third-order valence-electron chi connectivity index (χ3n) is 5.87. The summed E-state index contributed by atoms with van der Waals surface area (Å²) >= 11 is 1.13. The van der Waals surface area contributed by atoms with Crippen molar-refractivity contribution in [3.8, 4) is 5.75 Å². The molecule has 0 saturated carbocycles. The molecule has 2 N–H and O–H groups in total. The molecule has 0 aliphatic heterocycles. The Balaban J connectivity index is 1.16. The van der Waals surface area contributed by atoms with Gasteiger partial charge >= 0.3 is 6.36 Å². The van der Waals surface area contributed by atoms with E-state index in [1.165, 1.54) is 18.2 Å². The monoisotopic (exact) mass is 605 g/mol. The zero-order valence-electron chi connectivity index (χ0n) is 22.2. The number of benzene rings is 2. The average molecular weight is 606 g/mol. The number of nitrogens with one attached hydrogen (secondary N) is 2. The second-order valence-electron chi connectivity index (χ2n) is 9.14. The molecule has 4 aromatic rings. The summed E-state index contributed by atoms with van der Waals surface area (Å²) in [4.78, 5) is 24.8. The molecule has 42 heavy (non-hydrogen) atoms. The molecule has 0 fully saturated rings. The Morgan fingerprint density at radius 2 is 1.60 bits per heavy atom. The second-order valence-corrected chi connectivity index (χ2v) is 10.2. The molecule has 15 heteroatoms. The third kappa shape index (κ3) is 9.61. The van der Waals surface area contributed by atoms with Crippen molar-refractivity contribution in [1.29, 1.82) is 0 Å². The van der Waals surface area contributed by atoms with Crippen molar-refractivity contribution in [2.45, 2.75) is 51.7 Å². The van der Waals surface area contributed by atoms with E-state index in [4.69, 9.17) is 0 Å². The number of ether oxygens (including phenoxy) is 1. The molecule has 0 aliphatic carbocycles. The fourth-order valence-corrected chi connectivity index (χ4v) is 4.69. The normalized spacial score (nSPS) is 11.3. The second kappa shape index (κ2) is 14.5. The summed E-state index contributed by atoms with van der Waals surface area (Å²) in [5.74, 6) is -1.22. The quantitative estimate of drug-likeness (QED) is 0.161. The van der Waals surface area contributed by atoms with Crippen LogP contribution < -0.4 is 15.4 Å². The van der Waals surface area contributed by atoms with Crippen molar-refractivity contribution < 1.29 is 31.9 Å². The van der Waals surface area contributed by atoms with Gasteiger partial charge in [-0.15, -0.1) is 28.5 Å². The maximum atomic E-state index is 12.6. The third-order valence-corrected chi connectivity index (χ3v) is 6.85. The van der Waals surface area contributed by atoms with Crippen LogP contribution in [0.5, 0.6) is 5.75 Å². The van der Waals surface area contributed by atoms with E-state index in [0.717, 1.165) is 28.9 Å². The Morgan fingerprint density at radius 1 is 0.881 bits per heavy atom. The van der Waals surface area contributed by atoms with Crippen molar-refractivity contribution >= 4 is 23.2 Å². The molecular weight excluding hydrogens is 578 g/mol. The zero-order valence-corrected chi connectivity index (χ0v) is 23.1. The van der Waals surface area contributed by atoms with Gasteiger partial charge in [0, 0.05) is 32.5 Å². The summed E-state index contributed by atoms with van der Waals surface area (Å²) < 4.78 is 55.2. The average Bonchev–Trinajstić information content (AvgIpc) is 3.63. The van der Waals surface area contributed by atoms with Gasteiger partial charge < -0.3 is 15.4 Å². The first-order valence-corrected chi connectivity index (χ1v) is 13.8. The number of unbranched alkanes of at least 4 members (excludes halogenated alkanes) is 1. The first kappa shape index (κ1) is 30.6. The minimum absolute atomic E-state index is 0.00559. The molecule has 4 rings (SSSR count). The van der Waals surface area contributed by atoms with Gasteiger partial charge in [0.25, 0.3) is 11.8 Å². The number of carbonyl (C=O) groups excluding carboxylic acids is 2. The van der Waals surface area contributed by atoms with Gasteiger partial charge in [-0.3, -0.25) is 18.7 Å². The molecule has 2 aromatic carbocycles. The number of rotatable bonds is 14. The Hall–Kier alpha value is -4.40. The van der Waals surface area contributed by atoms with Crippen molar-refractivity contribution in [2.24, 2.45) is 0 Å². The molecule has 0 radical (unpaired) electrons. The number of hydrogen-bond donors (Lipinski definition) is 2. The minimum atomic E-state index is -4.80. The van der Waals surface area contributed by atoms with E-state index in [1.54, 1.807) is 16.9 Å². The lowest BCUT2D eigenvalue weighted by Crippen LogP contribution is -2.23. The van der Waals surface area contributed by atoms with E-state index in [0.29, 0.717) is 36.4 Å². The van der Waals surface area contributed by atoms with Crippen molar-refractivity contribution in [2.75, 3.05) is 6.67 Å². The Bertz CT molecular complexity index is 1490. The molecule has 0 atom stereocenters. The topological polar surface area (TPSA) is 124 Å². The van der Waals surface area contributed by atoms with E-state index >= 15 is 0 Å². The van der Waals surface area contributed by atoms with Crippen LogP contribution in [-0.2, 0) is 32.5 Å². The predicted octanol–water partition coefficient (Wildman–Crippen LogP) is 4.42. The van der Waals surface area contributed by atoms with Crippen molar-refractivity contribution in [1.82, 2.24) is 35.8 Å². The maximum absolute atomic E-state index is 12.6. The fraction of sp³-hybridized carbons (Fsp3) is 0.333. The van der Waals surface area contributed by atoms with Crippen LogP contribution >= 0.6 is 11.3 Å². The predicted molar refractivity (Wildman–Crippen MR) is 144 cm³/mol. The van der Waals surface area contributed by atoms with Gasteiger partial charge in [-0.25, -0.2) is 0 Å². The summed E-state index contributed by atoms with van der Waals surface area (Å²) in [6.45, 7) is 0.368. The van der Waals surface area contributed by atoms with Gasteiger partial charge in [0.05, 0.1) is 12.9 Å². The molecule has 10 nitrogen and oxygen atoms in total. The van der Waals surface area contributed by atoms with Crippen LogP contribution in [0.15, 0.2) is 54.7 Å². The molecule has 0 saturated heterocycles. The first-order valence-electron chi connectivity index (χ1n) is 13.0. The van der Waals surface area contributed by atoms with E-state index in [-0.39, 0.29) is 35.4 Å². The zero-order chi connectivity index (χ0) is 30.0. The maximum Gasteiger partial charge on any atom is 0.573 e.